The normalized spacial score (nSPS) is 20.9. The van der Waals surface area contributed by atoms with Gasteiger partial charge in [0.2, 0.25) is 5.78 Å². The van der Waals surface area contributed by atoms with Gasteiger partial charge in [0.25, 0.3) is 5.91 Å². The average Bonchev–Trinajstić information content (AvgIpc) is 3.46. The van der Waals surface area contributed by atoms with Gasteiger partial charge in [0.15, 0.2) is 11.5 Å². The molecule has 0 bridgehead atoms. The number of nitrogens with one attached hydrogen (secondary N) is 1. The zero-order chi connectivity index (χ0) is 19.5. The van der Waals surface area contributed by atoms with E-state index < -0.39 is 23.5 Å². The van der Waals surface area contributed by atoms with E-state index in [0.29, 0.717) is 6.54 Å². The molecule has 0 aliphatic carbocycles. The molecule has 28 heavy (non-hydrogen) atoms. The molecule has 1 saturated heterocycles. The Labute approximate surface area is 166 Å². The van der Waals surface area contributed by atoms with Crippen LogP contribution < -0.4 is 4.90 Å². The summed E-state index contributed by atoms with van der Waals surface area (Å²) in [5.74, 6) is -1.30. The maximum absolute atomic E-state index is 12.9. The van der Waals surface area contributed by atoms with Crippen LogP contribution in [0.5, 0.6) is 0 Å². The molecule has 4 rings (SSSR count). The van der Waals surface area contributed by atoms with E-state index in [1.165, 1.54) is 22.5 Å². The molecule has 2 aromatic rings. The Balaban J connectivity index is 1.54. The number of ketones is 1. The lowest BCUT2D eigenvalue weighted by Crippen LogP contribution is -3.14. The van der Waals surface area contributed by atoms with Gasteiger partial charge in [-0.2, -0.15) is 0 Å². The molecule has 4 heterocycles. The predicted octanol–water partition coefficient (Wildman–Crippen LogP) is 1.22. The number of aliphatic hydroxyl groups excluding tert-OH is 1. The molecule has 0 spiro atoms. The van der Waals surface area contributed by atoms with Crippen LogP contribution in [-0.4, -0.2) is 61.1 Å². The van der Waals surface area contributed by atoms with Crippen LogP contribution in [0.2, 0.25) is 0 Å². The van der Waals surface area contributed by atoms with Gasteiger partial charge in [-0.15, -0.1) is 11.3 Å². The van der Waals surface area contributed by atoms with E-state index in [9.17, 15) is 14.7 Å². The van der Waals surface area contributed by atoms with Crippen molar-refractivity contribution < 1.29 is 28.7 Å². The topological polar surface area (TPSA) is 84.4 Å². The summed E-state index contributed by atoms with van der Waals surface area (Å²) in [4.78, 5) is 29.6. The van der Waals surface area contributed by atoms with Gasteiger partial charge < -0.3 is 24.1 Å². The van der Waals surface area contributed by atoms with Crippen LogP contribution in [0.25, 0.3) is 0 Å². The number of amides is 1. The van der Waals surface area contributed by atoms with E-state index >= 15 is 0 Å². The van der Waals surface area contributed by atoms with E-state index in [1.807, 2.05) is 17.5 Å². The van der Waals surface area contributed by atoms with E-state index in [2.05, 4.69) is 0 Å². The number of hydrogen-bond acceptors (Lipinski definition) is 6. The lowest BCUT2D eigenvalue weighted by atomic mass is 10.0. The highest BCUT2D eigenvalue weighted by atomic mass is 32.1. The van der Waals surface area contributed by atoms with Crippen LogP contribution >= 0.6 is 11.3 Å². The zero-order valence-electron chi connectivity index (χ0n) is 15.4. The molecule has 1 amide bonds. The number of thiophene rings is 1. The number of ether oxygens (including phenoxy) is 1. The Morgan fingerprint density at radius 3 is 2.79 bits per heavy atom. The van der Waals surface area contributed by atoms with Crippen molar-refractivity contribution >= 4 is 23.0 Å². The second kappa shape index (κ2) is 8.30. The molecule has 1 atom stereocenters. The summed E-state index contributed by atoms with van der Waals surface area (Å²) in [7, 11) is 0. The molecule has 2 N–H and O–H groups in total. The Bertz CT molecular complexity index is 853. The third-order valence-corrected chi connectivity index (χ3v) is 6.16. The van der Waals surface area contributed by atoms with Gasteiger partial charge in [0.05, 0.1) is 37.6 Å². The molecule has 2 aliphatic rings. The first-order valence-electron chi connectivity index (χ1n) is 9.44. The summed E-state index contributed by atoms with van der Waals surface area (Å²) in [5.41, 5.74) is 0.0983. The number of furan rings is 1. The number of aliphatic hydroxyl groups is 1. The molecular weight excluding hydrogens is 380 g/mol. The minimum Gasteiger partial charge on any atom is -0.503 e. The van der Waals surface area contributed by atoms with Gasteiger partial charge in [-0.1, -0.05) is 6.07 Å². The number of carbonyl (C=O) groups excluding carboxylic acids is 2. The van der Waals surface area contributed by atoms with E-state index in [1.54, 1.807) is 17.0 Å². The van der Waals surface area contributed by atoms with Crippen LogP contribution in [-0.2, 0) is 9.53 Å². The largest absolute Gasteiger partial charge is 0.503 e. The summed E-state index contributed by atoms with van der Waals surface area (Å²) in [5, 5.41) is 12.4. The van der Waals surface area contributed by atoms with Crippen molar-refractivity contribution in [2.75, 3.05) is 39.4 Å². The molecule has 0 unspecified atom stereocenters. The Kier molecular flexibility index (Phi) is 5.61. The molecule has 2 aromatic heterocycles. The quantitative estimate of drug-likeness (QED) is 0.680. The third-order valence-electron chi connectivity index (χ3n) is 5.24. The highest BCUT2D eigenvalue weighted by Crippen LogP contribution is 2.40. The summed E-state index contributed by atoms with van der Waals surface area (Å²) in [6.07, 6.45) is 2.20. The Morgan fingerprint density at radius 2 is 2.11 bits per heavy atom. The number of nitrogens with zero attached hydrogens (tertiary/aromatic N) is 1. The standard InChI is InChI=1S/C20H22N2O5S/c23-18(14-4-1-10-27-14)16-17(15-5-2-13-28-15)22(20(25)19(16)24)7-3-6-21-8-11-26-12-9-21/h1-2,4-5,10,13,17,24H,3,6-9,11-12H2/p+1/t17-/m0/s1. The van der Waals surface area contributed by atoms with Crippen LogP contribution in [0, 0.1) is 0 Å². The molecule has 8 heteroatoms. The van der Waals surface area contributed by atoms with Gasteiger partial charge in [-0.05, 0) is 23.6 Å². The van der Waals surface area contributed by atoms with Crippen molar-refractivity contribution in [3.05, 3.63) is 57.9 Å². The van der Waals surface area contributed by atoms with Gasteiger partial charge in [0, 0.05) is 17.8 Å². The van der Waals surface area contributed by atoms with Gasteiger partial charge >= 0.3 is 0 Å². The maximum atomic E-state index is 12.9. The number of quaternary nitrogens is 1. The summed E-state index contributed by atoms with van der Waals surface area (Å²) in [6, 6.07) is 6.35. The SMILES string of the molecule is O=C(C1=C(O)C(=O)N(CCC[NH+]2CCOCC2)[C@H]1c1cccs1)c1ccco1. The monoisotopic (exact) mass is 403 g/mol. The number of morpholine rings is 1. The number of hydrogen-bond donors (Lipinski definition) is 2. The number of rotatable bonds is 7. The van der Waals surface area contributed by atoms with Gasteiger partial charge in [-0.3, -0.25) is 9.59 Å². The maximum Gasteiger partial charge on any atom is 0.290 e. The molecule has 0 saturated carbocycles. The van der Waals surface area contributed by atoms with E-state index in [0.717, 1.165) is 44.1 Å². The second-order valence-electron chi connectivity index (χ2n) is 6.95. The zero-order valence-corrected chi connectivity index (χ0v) is 16.2. The number of carbonyl (C=O) groups is 2. The fourth-order valence-electron chi connectivity index (χ4n) is 3.81. The van der Waals surface area contributed by atoms with Gasteiger partial charge in [-0.25, -0.2) is 0 Å². The summed E-state index contributed by atoms with van der Waals surface area (Å²) in [6.45, 7) is 4.86. The highest BCUT2D eigenvalue weighted by molar-refractivity contribution is 7.10. The fraction of sp³-hybridized carbons (Fsp3) is 0.400. The minimum atomic E-state index is -0.579. The first-order valence-corrected chi connectivity index (χ1v) is 10.3. The van der Waals surface area contributed by atoms with Crippen molar-refractivity contribution in [2.45, 2.75) is 12.5 Å². The summed E-state index contributed by atoms with van der Waals surface area (Å²) < 4.78 is 10.6. The molecule has 0 radical (unpaired) electrons. The van der Waals surface area contributed by atoms with Crippen molar-refractivity contribution in [1.82, 2.24) is 4.90 Å². The molecule has 148 valence electrons. The van der Waals surface area contributed by atoms with Crippen molar-refractivity contribution in [3.8, 4) is 0 Å². The molecule has 7 nitrogen and oxygen atoms in total. The van der Waals surface area contributed by atoms with Crippen LogP contribution in [0.4, 0.5) is 0 Å². The van der Waals surface area contributed by atoms with Crippen molar-refractivity contribution in [2.24, 2.45) is 0 Å². The smallest absolute Gasteiger partial charge is 0.290 e. The highest BCUT2D eigenvalue weighted by Gasteiger charge is 2.44. The van der Waals surface area contributed by atoms with Crippen LogP contribution in [0.15, 0.2) is 51.7 Å². The van der Waals surface area contributed by atoms with E-state index in [-0.39, 0.29) is 11.3 Å². The molecular formula is C20H23N2O5S+. The Hall–Kier alpha value is -2.42. The predicted molar refractivity (Wildman–Crippen MR) is 102 cm³/mol. The lowest BCUT2D eigenvalue weighted by molar-refractivity contribution is -0.908. The first-order chi connectivity index (χ1) is 13.7. The lowest BCUT2D eigenvalue weighted by Gasteiger charge is -2.27. The molecule has 2 aliphatic heterocycles. The Morgan fingerprint density at radius 1 is 1.29 bits per heavy atom. The average molecular weight is 403 g/mol. The fourth-order valence-corrected chi connectivity index (χ4v) is 4.65. The van der Waals surface area contributed by atoms with Crippen LogP contribution in [0.1, 0.15) is 27.9 Å². The number of Topliss-reactive ketones (excluding diaryl/α,β-unsaturated/α-hetero) is 1. The van der Waals surface area contributed by atoms with Crippen LogP contribution in [0.3, 0.4) is 0 Å². The summed E-state index contributed by atoms with van der Waals surface area (Å²) >= 11 is 1.46. The minimum absolute atomic E-state index is 0.0983. The van der Waals surface area contributed by atoms with Crippen molar-refractivity contribution in [1.29, 1.82) is 0 Å². The van der Waals surface area contributed by atoms with Gasteiger partial charge in [0.1, 0.15) is 13.1 Å². The molecule has 1 fully saturated rings. The molecule has 0 aromatic carbocycles. The van der Waals surface area contributed by atoms with Crippen molar-refractivity contribution in [3.63, 3.8) is 0 Å². The third kappa shape index (κ3) is 3.63. The van der Waals surface area contributed by atoms with E-state index in [4.69, 9.17) is 9.15 Å². The first kappa shape index (κ1) is 18.9. The second-order valence-corrected chi connectivity index (χ2v) is 7.93.